The molecule has 0 aromatic carbocycles. The van der Waals surface area contributed by atoms with Gasteiger partial charge >= 0.3 is 0 Å². The Morgan fingerprint density at radius 2 is 0.786 bits per heavy atom. The molecule has 3 aliphatic rings. The van der Waals surface area contributed by atoms with Gasteiger partial charge in [0.15, 0.2) is 0 Å². The lowest BCUT2D eigenvalue weighted by atomic mass is 9.77. The molecule has 0 amide bonds. The summed E-state index contributed by atoms with van der Waals surface area (Å²) in [5, 5.41) is 0. The van der Waals surface area contributed by atoms with Crippen molar-refractivity contribution in [2.75, 3.05) is 0 Å². The fraction of sp³-hybridized carbons (Fsp3) is 0.429. The third kappa shape index (κ3) is 1.30. The van der Waals surface area contributed by atoms with Crippen LogP contribution in [0.25, 0.3) is 0 Å². The first-order chi connectivity index (χ1) is 6.93. The predicted molar refractivity (Wildman–Crippen MR) is 60.0 cm³/mol. The second-order valence-electron chi connectivity index (χ2n) is 4.43. The van der Waals surface area contributed by atoms with Crippen molar-refractivity contribution in [2.45, 2.75) is 38.5 Å². The summed E-state index contributed by atoms with van der Waals surface area (Å²) in [4.78, 5) is 0. The molecule has 0 radical (unpaired) electrons. The Balaban J connectivity index is 1.97. The summed E-state index contributed by atoms with van der Waals surface area (Å²) in [6, 6.07) is 0. The summed E-state index contributed by atoms with van der Waals surface area (Å²) < 4.78 is 0. The molecule has 0 unspecified atom stereocenters. The van der Waals surface area contributed by atoms with Gasteiger partial charge in [-0.3, -0.25) is 0 Å². The topological polar surface area (TPSA) is 0 Å². The minimum atomic E-state index is 1.21. The summed E-state index contributed by atoms with van der Waals surface area (Å²) in [5.74, 6) is 0. The van der Waals surface area contributed by atoms with Crippen LogP contribution in [0.15, 0.2) is 46.6 Å². The molecule has 72 valence electrons. The molecule has 0 atom stereocenters. The van der Waals surface area contributed by atoms with Crippen LogP contribution in [0.5, 0.6) is 0 Å². The molecule has 0 aliphatic heterocycles. The molecule has 0 heteroatoms. The van der Waals surface area contributed by atoms with Crippen LogP contribution >= 0.6 is 0 Å². The van der Waals surface area contributed by atoms with E-state index in [9.17, 15) is 0 Å². The molecule has 14 heavy (non-hydrogen) atoms. The Morgan fingerprint density at radius 1 is 0.500 bits per heavy atom. The third-order valence-corrected chi connectivity index (χ3v) is 3.48. The van der Waals surface area contributed by atoms with E-state index in [1.807, 2.05) is 0 Å². The van der Waals surface area contributed by atoms with Crippen LogP contribution in [0.4, 0.5) is 0 Å². The maximum atomic E-state index is 2.45. The van der Waals surface area contributed by atoms with Gasteiger partial charge in [-0.15, -0.1) is 0 Å². The van der Waals surface area contributed by atoms with E-state index in [0.717, 1.165) is 0 Å². The zero-order valence-electron chi connectivity index (χ0n) is 8.55. The van der Waals surface area contributed by atoms with E-state index in [1.165, 1.54) is 38.5 Å². The van der Waals surface area contributed by atoms with Gasteiger partial charge in [0.05, 0.1) is 0 Å². The van der Waals surface area contributed by atoms with Gasteiger partial charge in [0.1, 0.15) is 0 Å². The summed E-state index contributed by atoms with van der Waals surface area (Å²) in [6.45, 7) is 0. The molecule has 0 aromatic heterocycles. The molecule has 0 nitrogen and oxygen atoms in total. The van der Waals surface area contributed by atoms with Gasteiger partial charge in [-0.2, -0.15) is 0 Å². The molecule has 3 rings (SSSR count). The van der Waals surface area contributed by atoms with E-state index in [1.54, 1.807) is 22.3 Å². The summed E-state index contributed by atoms with van der Waals surface area (Å²) >= 11 is 0. The molecular weight excluding hydrogens is 168 g/mol. The minimum absolute atomic E-state index is 1.21. The van der Waals surface area contributed by atoms with E-state index in [4.69, 9.17) is 0 Å². The lowest BCUT2D eigenvalue weighted by Gasteiger charge is -2.28. The number of fused-ring (bicyclic) bond motifs is 2. The van der Waals surface area contributed by atoms with Crippen LogP contribution in [0, 0.1) is 0 Å². The normalized spacial score (nSPS) is 25.1. The summed E-state index contributed by atoms with van der Waals surface area (Å²) in [6.07, 6.45) is 17.2. The Bertz CT molecular complexity index is 301. The van der Waals surface area contributed by atoms with Crippen LogP contribution in [-0.2, 0) is 0 Å². The monoisotopic (exact) mass is 184 g/mol. The average molecular weight is 184 g/mol. The summed E-state index contributed by atoms with van der Waals surface area (Å²) in [5.41, 5.74) is 6.45. The largest absolute Gasteiger partial charge is 0.0804 e. The number of hydrogen-bond acceptors (Lipinski definition) is 0. The van der Waals surface area contributed by atoms with Crippen molar-refractivity contribution in [1.82, 2.24) is 0 Å². The zero-order chi connectivity index (χ0) is 9.38. The van der Waals surface area contributed by atoms with Crippen LogP contribution < -0.4 is 0 Å². The number of hydrogen-bond donors (Lipinski definition) is 0. The highest BCUT2D eigenvalue weighted by atomic mass is 14.3. The van der Waals surface area contributed by atoms with Gasteiger partial charge in [0, 0.05) is 0 Å². The van der Waals surface area contributed by atoms with E-state index in [2.05, 4.69) is 24.3 Å². The maximum Gasteiger partial charge on any atom is -0.00266 e. The predicted octanol–water partition coefficient (Wildman–Crippen LogP) is 4.07. The molecule has 0 N–H and O–H groups in total. The Kier molecular flexibility index (Phi) is 1.93. The standard InChI is InChI=1S/C14H16/c1-2-6-12-10-14-8-4-3-7-13(14)9-11(12)5-1/h5-8H,1-4,9-10H2. The molecule has 1 fully saturated rings. The SMILES string of the molecule is C1=C2CC3=CCCC=C3CC2=CCC1. The van der Waals surface area contributed by atoms with E-state index >= 15 is 0 Å². The molecular formula is C14H16. The van der Waals surface area contributed by atoms with E-state index in [0.29, 0.717) is 0 Å². The molecule has 0 heterocycles. The van der Waals surface area contributed by atoms with Crippen molar-refractivity contribution in [3.8, 4) is 0 Å². The molecule has 0 aromatic rings. The van der Waals surface area contributed by atoms with Crippen molar-refractivity contribution in [3.05, 3.63) is 46.6 Å². The Labute approximate surface area is 85.7 Å². The van der Waals surface area contributed by atoms with Crippen LogP contribution in [0.3, 0.4) is 0 Å². The molecule has 3 aliphatic carbocycles. The Morgan fingerprint density at radius 3 is 1.07 bits per heavy atom. The van der Waals surface area contributed by atoms with Crippen molar-refractivity contribution in [3.63, 3.8) is 0 Å². The van der Waals surface area contributed by atoms with Crippen molar-refractivity contribution in [1.29, 1.82) is 0 Å². The highest BCUT2D eigenvalue weighted by Crippen LogP contribution is 2.40. The van der Waals surface area contributed by atoms with Crippen LogP contribution in [-0.4, -0.2) is 0 Å². The number of allylic oxidation sites excluding steroid dienone is 8. The fourth-order valence-corrected chi connectivity index (χ4v) is 2.71. The van der Waals surface area contributed by atoms with Gasteiger partial charge in [-0.25, -0.2) is 0 Å². The van der Waals surface area contributed by atoms with Crippen molar-refractivity contribution in [2.24, 2.45) is 0 Å². The quantitative estimate of drug-likeness (QED) is 0.532. The van der Waals surface area contributed by atoms with E-state index < -0.39 is 0 Å². The van der Waals surface area contributed by atoms with Crippen LogP contribution in [0.2, 0.25) is 0 Å². The fourth-order valence-electron chi connectivity index (χ4n) is 2.71. The smallest absolute Gasteiger partial charge is 0.00266 e. The van der Waals surface area contributed by atoms with Gasteiger partial charge in [0.2, 0.25) is 0 Å². The average Bonchev–Trinajstić information content (AvgIpc) is 2.26. The minimum Gasteiger partial charge on any atom is -0.0804 e. The Hall–Kier alpha value is -1.04. The summed E-state index contributed by atoms with van der Waals surface area (Å²) in [7, 11) is 0. The van der Waals surface area contributed by atoms with E-state index in [-0.39, 0.29) is 0 Å². The molecule has 0 bridgehead atoms. The van der Waals surface area contributed by atoms with Crippen LogP contribution in [0.1, 0.15) is 38.5 Å². The number of rotatable bonds is 0. The van der Waals surface area contributed by atoms with Gasteiger partial charge in [0.25, 0.3) is 0 Å². The highest BCUT2D eigenvalue weighted by Gasteiger charge is 2.21. The lowest BCUT2D eigenvalue weighted by molar-refractivity contribution is 0.855. The second kappa shape index (κ2) is 3.27. The van der Waals surface area contributed by atoms with Crippen molar-refractivity contribution >= 4 is 0 Å². The van der Waals surface area contributed by atoms with Gasteiger partial charge in [-0.1, -0.05) is 24.3 Å². The first-order valence-corrected chi connectivity index (χ1v) is 5.70. The van der Waals surface area contributed by atoms with Gasteiger partial charge < -0.3 is 0 Å². The second-order valence-corrected chi connectivity index (χ2v) is 4.43. The highest BCUT2D eigenvalue weighted by molar-refractivity contribution is 5.52. The first kappa shape index (κ1) is 8.28. The molecule has 0 spiro atoms. The van der Waals surface area contributed by atoms with Crippen molar-refractivity contribution < 1.29 is 0 Å². The lowest BCUT2D eigenvalue weighted by Crippen LogP contribution is -2.09. The molecule has 0 saturated heterocycles. The zero-order valence-corrected chi connectivity index (χ0v) is 8.55. The first-order valence-electron chi connectivity index (χ1n) is 5.70. The van der Waals surface area contributed by atoms with Gasteiger partial charge in [-0.05, 0) is 60.8 Å². The molecule has 1 saturated carbocycles. The third-order valence-electron chi connectivity index (χ3n) is 3.48. The maximum absolute atomic E-state index is 2.45.